The minimum Gasteiger partial charge on any atom is -0.341 e. The van der Waals surface area contributed by atoms with Gasteiger partial charge in [0.15, 0.2) is 0 Å². The standard InChI is InChI=1S/C21H29N3O2S/c1-5-12-23(21(26)22-4)13-11-16(2)24(15-25)19-14-20(27-17(19)3)18-9-7-6-8-10-18/h6-10,14-16H,5,11-13H2,1-4H3,(H,22,26). The summed E-state index contributed by atoms with van der Waals surface area (Å²) in [4.78, 5) is 29.7. The van der Waals surface area contributed by atoms with Crippen LogP contribution >= 0.6 is 11.3 Å². The highest BCUT2D eigenvalue weighted by molar-refractivity contribution is 7.16. The van der Waals surface area contributed by atoms with Crippen LogP contribution < -0.4 is 10.2 Å². The Morgan fingerprint density at radius 1 is 1.26 bits per heavy atom. The summed E-state index contributed by atoms with van der Waals surface area (Å²) in [5, 5.41) is 2.68. The molecule has 0 fully saturated rings. The van der Waals surface area contributed by atoms with E-state index in [0.29, 0.717) is 13.1 Å². The fourth-order valence-electron chi connectivity index (χ4n) is 3.10. The lowest BCUT2D eigenvalue weighted by Crippen LogP contribution is -2.42. The van der Waals surface area contributed by atoms with Crippen molar-refractivity contribution in [1.82, 2.24) is 10.2 Å². The van der Waals surface area contributed by atoms with E-state index < -0.39 is 0 Å². The van der Waals surface area contributed by atoms with Gasteiger partial charge in [-0.05, 0) is 38.3 Å². The largest absolute Gasteiger partial charge is 0.341 e. The summed E-state index contributed by atoms with van der Waals surface area (Å²) >= 11 is 1.69. The molecular weight excluding hydrogens is 358 g/mol. The van der Waals surface area contributed by atoms with Gasteiger partial charge in [-0.25, -0.2) is 4.79 Å². The maximum absolute atomic E-state index is 12.0. The Bertz CT molecular complexity index is 745. The summed E-state index contributed by atoms with van der Waals surface area (Å²) < 4.78 is 0. The highest BCUT2D eigenvalue weighted by Crippen LogP contribution is 2.36. The van der Waals surface area contributed by atoms with E-state index in [9.17, 15) is 9.59 Å². The Morgan fingerprint density at radius 3 is 2.56 bits per heavy atom. The zero-order valence-corrected chi connectivity index (χ0v) is 17.4. The van der Waals surface area contributed by atoms with Crippen LogP contribution in [-0.2, 0) is 4.79 Å². The number of nitrogens with one attached hydrogen (secondary N) is 1. The predicted octanol–water partition coefficient (Wildman–Crippen LogP) is 4.52. The molecule has 0 aliphatic carbocycles. The Balaban J connectivity index is 2.12. The summed E-state index contributed by atoms with van der Waals surface area (Å²) in [5.74, 6) is 0. The molecule has 1 aromatic heterocycles. The van der Waals surface area contributed by atoms with Crippen LogP contribution in [0.5, 0.6) is 0 Å². The molecule has 0 radical (unpaired) electrons. The molecule has 0 saturated heterocycles. The van der Waals surface area contributed by atoms with Crippen LogP contribution in [0.1, 0.15) is 31.6 Å². The van der Waals surface area contributed by atoms with Crippen molar-refractivity contribution in [2.45, 2.75) is 39.7 Å². The second-order valence-corrected chi connectivity index (χ2v) is 7.87. The lowest BCUT2D eigenvalue weighted by atomic mass is 10.1. The van der Waals surface area contributed by atoms with Crippen molar-refractivity contribution in [3.05, 3.63) is 41.3 Å². The van der Waals surface area contributed by atoms with Crippen molar-refractivity contribution in [2.75, 3.05) is 25.0 Å². The summed E-state index contributed by atoms with van der Waals surface area (Å²) in [7, 11) is 1.64. The Hall–Kier alpha value is -2.34. The number of amides is 3. The first-order valence-electron chi connectivity index (χ1n) is 9.37. The third-order valence-electron chi connectivity index (χ3n) is 4.63. The van der Waals surface area contributed by atoms with Gasteiger partial charge in [0.1, 0.15) is 0 Å². The van der Waals surface area contributed by atoms with Gasteiger partial charge in [-0.3, -0.25) is 4.79 Å². The minimum absolute atomic E-state index is 0.00318. The maximum Gasteiger partial charge on any atom is 0.317 e. The number of anilines is 1. The van der Waals surface area contributed by atoms with E-state index in [-0.39, 0.29) is 12.1 Å². The third kappa shape index (κ3) is 5.32. The van der Waals surface area contributed by atoms with Crippen LogP contribution in [0.3, 0.4) is 0 Å². The molecule has 3 amide bonds. The molecule has 2 aromatic rings. The number of carbonyl (C=O) groups is 2. The van der Waals surface area contributed by atoms with Crippen LogP contribution in [0.2, 0.25) is 0 Å². The predicted molar refractivity (Wildman–Crippen MR) is 113 cm³/mol. The molecule has 5 nitrogen and oxygen atoms in total. The van der Waals surface area contributed by atoms with Crippen LogP contribution in [-0.4, -0.2) is 43.5 Å². The fraction of sp³-hybridized carbons (Fsp3) is 0.429. The summed E-state index contributed by atoms with van der Waals surface area (Å²) in [5.41, 5.74) is 2.10. The number of urea groups is 1. The zero-order chi connectivity index (χ0) is 19.8. The Labute approximate surface area is 166 Å². The summed E-state index contributed by atoms with van der Waals surface area (Å²) in [6, 6.07) is 12.2. The summed E-state index contributed by atoms with van der Waals surface area (Å²) in [6.45, 7) is 7.46. The van der Waals surface area contributed by atoms with Crippen LogP contribution in [0, 0.1) is 6.92 Å². The molecule has 0 spiro atoms. The van der Waals surface area contributed by atoms with Gasteiger partial charge < -0.3 is 15.1 Å². The Morgan fingerprint density at radius 2 is 1.96 bits per heavy atom. The van der Waals surface area contributed by atoms with Crippen molar-refractivity contribution in [1.29, 1.82) is 0 Å². The average molecular weight is 388 g/mol. The SMILES string of the molecule is CCCN(CCC(C)N(C=O)c1cc(-c2ccccc2)sc1C)C(=O)NC. The van der Waals surface area contributed by atoms with E-state index in [0.717, 1.165) is 40.3 Å². The van der Waals surface area contributed by atoms with E-state index in [1.807, 2.05) is 32.0 Å². The van der Waals surface area contributed by atoms with Crippen molar-refractivity contribution in [3.8, 4) is 10.4 Å². The van der Waals surface area contributed by atoms with E-state index >= 15 is 0 Å². The van der Waals surface area contributed by atoms with Gasteiger partial charge in [0.25, 0.3) is 0 Å². The molecule has 1 atom stereocenters. The molecule has 1 unspecified atom stereocenters. The van der Waals surface area contributed by atoms with Crippen molar-refractivity contribution < 1.29 is 9.59 Å². The Kier molecular flexibility index (Phi) is 7.85. The van der Waals surface area contributed by atoms with E-state index in [2.05, 4.69) is 30.4 Å². The molecule has 146 valence electrons. The first-order valence-corrected chi connectivity index (χ1v) is 10.2. The number of benzene rings is 1. The number of rotatable bonds is 9. The van der Waals surface area contributed by atoms with E-state index in [1.165, 1.54) is 0 Å². The molecule has 0 aliphatic heterocycles. The lowest BCUT2D eigenvalue weighted by molar-refractivity contribution is -0.107. The van der Waals surface area contributed by atoms with Gasteiger partial charge in [-0.15, -0.1) is 11.3 Å². The monoisotopic (exact) mass is 387 g/mol. The molecule has 1 N–H and O–H groups in total. The molecule has 6 heteroatoms. The molecule has 0 aliphatic rings. The fourth-order valence-corrected chi connectivity index (χ4v) is 4.12. The van der Waals surface area contributed by atoms with Crippen LogP contribution in [0.25, 0.3) is 10.4 Å². The molecule has 1 aromatic carbocycles. The minimum atomic E-state index is -0.0696. The molecule has 2 rings (SSSR count). The average Bonchev–Trinajstić information content (AvgIpc) is 3.07. The van der Waals surface area contributed by atoms with E-state index in [1.54, 1.807) is 28.2 Å². The quantitative estimate of drug-likeness (QED) is 0.643. The second-order valence-electron chi connectivity index (χ2n) is 6.61. The van der Waals surface area contributed by atoms with Gasteiger partial charge in [-0.1, -0.05) is 37.3 Å². The molecule has 1 heterocycles. The maximum atomic E-state index is 12.0. The zero-order valence-electron chi connectivity index (χ0n) is 16.6. The highest BCUT2D eigenvalue weighted by atomic mass is 32.1. The lowest BCUT2D eigenvalue weighted by Gasteiger charge is -2.28. The van der Waals surface area contributed by atoms with Gasteiger partial charge in [0, 0.05) is 35.9 Å². The number of thiophene rings is 1. The second kappa shape index (κ2) is 10.1. The number of hydrogen-bond acceptors (Lipinski definition) is 3. The van der Waals surface area contributed by atoms with Gasteiger partial charge in [0.05, 0.1) is 5.69 Å². The van der Waals surface area contributed by atoms with Crippen molar-refractivity contribution >= 4 is 29.5 Å². The smallest absolute Gasteiger partial charge is 0.317 e. The number of nitrogens with zero attached hydrogens (tertiary/aromatic N) is 2. The molecular formula is C21H29N3O2S. The number of aryl methyl sites for hydroxylation is 1. The molecule has 27 heavy (non-hydrogen) atoms. The molecule has 0 saturated carbocycles. The molecule has 0 bridgehead atoms. The van der Waals surface area contributed by atoms with Crippen molar-refractivity contribution in [3.63, 3.8) is 0 Å². The van der Waals surface area contributed by atoms with Gasteiger partial charge in [-0.2, -0.15) is 0 Å². The third-order valence-corrected chi connectivity index (χ3v) is 5.72. The first kappa shape index (κ1) is 21.0. The summed E-state index contributed by atoms with van der Waals surface area (Å²) in [6.07, 6.45) is 2.53. The van der Waals surface area contributed by atoms with Gasteiger partial charge in [0.2, 0.25) is 6.41 Å². The highest BCUT2D eigenvalue weighted by Gasteiger charge is 2.20. The van der Waals surface area contributed by atoms with Crippen LogP contribution in [0.4, 0.5) is 10.5 Å². The normalized spacial score (nSPS) is 11.7. The van der Waals surface area contributed by atoms with E-state index in [4.69, 9.17) is 0 Å². The van der Waals surface area contributed by atoms with Crippen LogP contribution in [0.15, 0.2) is 36.4 Å². The number of carbonyl (C=O) groups excluding carboxylic acids is 2. The first-order chi connectivity index (χ1) is 13.0. The number of hydrogen-bond donors (Lipinski definition) is 1. The topological polar surface area (TPSA) is 52.7 Å². The van der Waals surface area contributed by atoms with Gasteiger partial charge >= 0.3 is 6.03 Å². The van der Waals surface area contributed by atoms with Crippen molar-refractivity contribution in [2.24, 2.45) is 0 Å².